The Bertz CT molecular complexity index is 1020. The van der Waals surface area contributed by atoms with Crippen molar-refractivity contribution in [2.45, 2.75) is 46.1 Å². The molecule has 7 nitrogen and oxygen atoms in total. The van der Waals surface area contributed by atoms with Gasteiger partial charge in [-0.1, -0.05) is 41.9 Å². The van der Waals surface area contributed by atoms with Crippen LogP contribution in [-0.2, 0) is 4.79 Å². The average molecular weight is 420 g/mol. The highest BCUT2D eigenvalue weighted by molar-refractivity contribution is 5.79. The number of benzene rings is 1. The number of anilines is 1. The van der Waals surface area contributed by atoms with E-state index in [9.17, 15) is 4.79 Å². The molecule has 1 aliphatic rings. The highest BCUT2D eigenvalue weighted by Crippen LogP contribution is 2.32. The number of carbonyl (C=O) groups is 1. The van der Waals surface area contributed by atoms with Crippen LogP contribution in [0.15, 0.2) is 47.1 Å². The minimum Gasteiger partial charge on any atom is -0.356 e. The van der Waals surface area contributed by atoms with Crippen LogP contribution in [0.1, 0.15) is 38.7 Å². The number of carbonyl (C=O) groups excluding carboxylic acids is 1. The van der Waals surface area contributed by atoms with Gasteiger partial charge >= 0.3 is 0 Å². The first-order chi connectivity index (χ1) is 15.0. The molecule has 3 aromatic rings. The standard InChI is InChI=1S/C24H29N5O2/c1-4-17(3)26-23(30)19-11-14-29(15-12-19)22-20(6-5-13-25-22)24-27-21(28-31-24)18-9-7-16(2)8-10-18/h5-10,13,17,19H,4,11-12,14-15H2,1-3H3,(H,26,30). The van der Waals surface area contributed by atoms with Crippen LogP contribution in [0.2, 0.25) is 0 Å². The second-order valence-corrected chi connectivity index (χ2v) is 8.24. The number of hydrogen-bond donors (Lipinski definition) is 1. The maximum Gasteiger partial charge on any atom is 0.261 e. The third kappa shape index (κ3) is 4.76. The van der Waals surface area contributed by atoms with E-state index in [1.54, 1.807) is 6.20 Å². The number of rotatable bonds is 6. The van der Waals surface area contributed by atoms with Crippen LogP contribution < -0.4 is 10.2 Å². The predicted molar refractivity (Wildman–Crippen MR) is 121 cm³/mol. The molecule has 7 heteroatoms. The summed E-state index contributed by atoms with van der Waals surface area (Å²) in [5.74, 6) is 2.05. The molecule has 0 bridgehead atoms. The molecule has 1 amide bonds. The van der Waals surface area contributed by atoms with Crippen molar-refractivity contribution in [3.63, 3.8) is 0 Å². The van der Waals surface area contributed by atoms with Crippen molar-refractivity contribution in [2.75, 3.05) is 18.0 Å². The molecule has 2 aromatic heterocycles. The Labute approximate surface area is 182 Å². The number of piperidine rings is 1. The lowest BCUT2D eigenvalue weighted by molar-refractivity contribution is -0.126. The first kappa shape index (κ1) is 21.0. The van der Waals surface area contributed by atoms with Crippen LogP contribution in [0.4, 0.5) is 5.82 Å². The van der Waals surface area contributed by atoms with E-state index >= 15 is 0 Å². The zero-order valence-electron chi connectivity index (χ0n) is 18.3. The third-order valence-corrected chi connectivity index (χ3v) is 5.92. The number of amides is 1. The van der Waals surface area contributed by atoms with Crippen LogP contribution in [0, 0.1) is 12.8 Å². The molecule has 0 aliphatic carbocycles. The Morgan fingerprint density at radius 1 is 1.23 bits per heavy atom. The fourth-order valence-corrected chi connectivity index (χ4v) is 3.78. The van der Waals surface area contributed by atoms with Crippen LogP contribution in [0.3, 0.4) is 0 Å². The van der Waals surface area contributed by atoms with Gasteiger partial charge in [0.15, 0.2) is 0 Å². The molecule has 4 rings (SSSR count). The van der Waals surface area contributed by atoms with E-state index in [0.29, 0.717) is 11.7 Å². The van der Waals surface area contributed by atoms with E-state index in [2.05, 4.69) is 32.3 Å². The summed E-state index contributed by atoms with van der Waals surface area (Å²) in [7, 11) is 0. The second kappa shape index (κ2) is 9.29. The Hall–Kier alpha value is -3.22. The van der Waals surface area contributed by atoms with Gasteiger partial charge in [0.1, 0.15) is 5.82 Å². The largest absolute Gasteiger partial charge is 0.356 e. The SMILES string of the molecule is CCC(C)NC(=O)C1CCN(c2ncccc2-c2nc(-c3ccc(C)cc3)no2)CC1. The van der Waals surface area contributed by atoms with E-state index in [-0.39, 0.29) is 17.9 Å². The maximum absolute atomic E-state index is 12.5. The van der Waals surface area contributed by atoms with Crippen molar-refractivity contribution < 1.29 is 9.32 Å². The first-order valence-corrected chi connectivity index (χ1v) is 11.0. The smallest absolute Gasteiger partial charge is 0.261 e. The van der Waals surface area contributed by atoms with Crippen LogP contribution in [0.5, 0.6) is 0 Å². The van der Waals surface area contributed by atoms with E-state index in [1.165, 1.54) is 5.56 Å². The molecule has 0 radical (unpaired) electrons. The van der Waals surface area contributed by atoms with E-state index in [0.717, 1.165) is 49.3 Å². The summed E-state index contributed by atoms with van der Waals surface area (Å²) >= 11 is 0. The Morgan fingerprint density at radius 3 is 2.68 bits per heavy atom. The van der Waals surface area contributed by atoms with Gasteiger partial charge in [-0.2, -0.15) is 4.98 Å². The summed E-state index contributed by atoms with van der Waals surface area (Å²) in [5.41, 5.74) is 2.92. The van der Waals surface area contributed by atoms with Crippen molar-refractivity contribution >= 4 is 11.7 Å². The van der Waals surface area contributed by atoms with Crippen molar-refractivity contribution in [3.8, 4) is 22.8 Å². The minimum absolute atomic E-state index is 0.0500. The van der Waals surface area contributed by atoms with Crippen molar-refractivity contribution in [1.29, 1.82) is 0 Å². The summed E-state index contributed by atoms with van der Waals surface area (Å²) in [6, 6.07) is 12.1. The average Bonchev–Trinajstić information content (AvgIpc) is 3.29. The molecule has 1 N–H and O–H groups in total. The molecule has 3 heterocycles. The number of aromatic nitrogens is 3. The molecule has 162 valence electrons. The summed E-state index contributed by atoms with van der Waals surface area (Å²) in [6.07, 6.45) is 4.32. The van der Waals surface area contributed by atoms with Crippen LogP contribution in [0.25, 0.3) is 22.8 Å². The number of nitrogens with zero attached hydrogens (tertiary/aromatic N) is 4. The number of pyridine rings is 1. The fraction of sp³-hybridized carbons (Fsp3) is 0.417. The zero-order chi connectivity index (χ0) is 21.8. The van der Waals surface area contributed by atoms with Gasteiger partial charge in [-0.25, -0.2) is 4.98 Å². The van der Waals surface area contributed by atoms with Crippen molar-refractivity contribution in [1.82, 2.24) is 20.4 Å². The predicted octanol–water partition coefficient (Wildman–Crippen LogP) is 4.24. The lowest BCUT2D eigenvalue weighted by Crippen LogP contribution is -2.43. The lowest BCUT2D eigenvalue weighted by Gasteiger charge is -2.33. The molecule has 1 fully saturated rings. The van der Waals surface area contributed by atoms with Gasteiger partial charge in [0.2, 0.25) is 11.7 Å². The van der Waals surface area contributed by atoms with Gasteiger partial charge in [-0.3, -0.25) is 4.79 Å². The number of hydrogen-bond acceptors (Lipinski definition) is 6. The van der Waals surface area contributed by atoms with Gasteiger partial charge in [-0.15, -0.1) is 0 Å². The fourth-order valence-electron chi connectivity index (χ4n) is 3.78. The minimum atomic E-state index is 0.0500. The second-order valence-electron chi connectivity index (χ2n) is 8.24. The monoisotopic (exact) mass is 419 g/mol. The molecule has 1 aliphatic heterocycles. The van der Waals surface area contributed by atoms with Crippen LogP contribution >= 0.6 is 0 Å². The first-order valence-electron chi connectivity index (χ1n) is 11.0. The Balaban J connectivity index is 1.49. The molecule has 1 atom stereocenters. The van der Waals surface area contributed by atoms with Gasteiger partial charge in [0, 0.05) is 36.8 Å². The summed E-state index contributed by atoms with van der Waals surface area (Å²) in [6.45, 7) is 7.70. The topological polar surface area (TPSA) is 84.2 Å². The Morgan fingerprint density at radius 2 is 1.97 bits per heavy atom. The highest BCUT2D eigenvalue weighted by atomic mass is 16.5. The quantitative estimate of drug-likeness (QED) is 0.643. The van der Waals surface area contributed by atoms with Crippen LogP contribution in [-0.4, -0.2) is 40.2 Å². The summed E-state index contributed by atoms with van der Waals surface area (Å²) in [5, 5.41) is 7.27. The highest BCUT2D eigenvalue weighted by Gasteiger charge is 2.28. The molecule has 0 saturated carbocycles. The van der Waals surface area contributed by atoms with Gasteiger partial charge in [0.25, 0.3) is 5.89 Å². The lowest BCUT2D eigenvalue weighted by atomic mass is 9.95. The van der Waals surface area contributed by atoms with Gasteiger partial charge < -0.3 is 14.7 Å². The molecule has 31 heavy (non-hydrogen) atoms. The van der Waals surface area contributed by atoms with E-state index < -0.39 is 0 Å². The summed E-state index contributed by atoms with van der Waals surface area (Å²) < 4.78 is 5.59. The normalized spacial score (nSPS) is 15.6. The Kier molecular flexibility index (Phi) is 6.30. The van der Waals surface area contributed by atoms with Gasteiger partial charge in [-0.05, 0) is 45.2 Å². The summed E-state index contributed by atoms with van der Waals surface area (Å²) in [4.78, 5) is 23.9. The molecular formula is C24H29N5O2. The van der Waals surface area contributed by atoms with Gasteiger partial charge in [0.05, 0.1) is 5.56 Å². The third-order valence-electron chi connectivity index (χ3n) is 5.92. The maximum atomic E-state index is 12.5. The molecule has 1 saturated heterocycles. The molecule has 0 spiro atoms. The number of nitrogens with one attached hydrogen (secondary N) is 1. The van der Waals surface area contributed by atoms with Crippen molar-refractivity contribution in [3.05, 3.63) is 48.2 Å². The number of aryl methyl sites for hydroxylation is 1. The molecule has 1 aromatic carbocycles. The molecule has 1 unspecified atom stereocenters. The van der Waals surface area contributed by atoms with E-state index in [4.69, 9.17) is 4.52 Å². The van der Waals surface area contributed by atoms with Crippen molar-refractivity contribution in [2.24, 2.45) is 5.92 Å². The zero-order valence-corrected chi connectivity index (χ0v) is 18.3. The molecular weight excluding hydrogens is 390 g/mol. The van der Waals surface area contributed by atoms with E-state index in [1.807, 2.05) is 50.2 Å².